The Balaban J connectivity index is 1.97. The zero-order valence-corrected chi connectivity index (χ0v) is 14.5. The van der Waals surface area contributed by atoms with Crippen LogP contribution in [-0.2, 0) is 10.2 Å². The van der Waals surface area contributed by atoms with Crippen LogP contribution in [0.25, 0.3) is 0 Å². The predicted octanol–water partition coefficient (Wildman–Crippen LogP) is 4.26. The second-order valence-electron chi connectivity index (χ2n) is 6.71. The molecule has 0 unspecified atom stereocenters. The summed E-state index contributed by atoms with van der Waals surface area (Å²) in [4.78, 5) is 12.2. The summed E-state index contributed by atoms with van der Waals surface area (Å²) < 4.78 is 5.60. The average Bonchev–Trinajstić information content (AvgIpc) is 2.55. The highest BCUT2D eigenvalue weighted by Gasteiger charge is 2.16. The van der Waals surface area contributed by atoms with E-state index in [1.165, 1.54) is 5.56 Å². The minimum atomic E-state index is -0.639. The largest absolute Gasteiger partial charge is 0.481 e. The first-order chi connectivity index (χ1) is 11.3. The number of hydrogen-bond acceptors (Lipinski definition) is 3. The molecular formula is C20H22N2O2. The van der Waals surface area contributed by atoms with Crippen LogP contribution in [0.2, 0.25) is 0 Å². The molecule has 0 saturated carbocycles. The number of carbonyl (C=O) groups is 1. The van der Waals surface area contributed by atoms with Gasteiger partial charge in [0.1, 0.15) is 5.75 Å². The van der Waals surface area contributed by atoms with Crippen molar-refractivity contribution in [1.29, 1.82) is 5.26 Å². The summed E-state index contributed by atoms with van der Waals surface area (Å²) in [6, 6.07) is 16.5. The van der Waals surface area contributed by atoms with Gasteiger partial charge in [-0.15, -0.1) is 0 Å². The van der Waals surface area contributed by atoms with E-state index in [1.54, 1.807) is 31.2 Å². The summed E-state index contributed by atoms with van der Waals surface area (Å²) in [6.45, 7) is 8.13. The summed E-state index contributed by atoms with van der Waals surface area (Å²) in [7, 11) is 0. The third-order valence-electron chi connectivity index (χ3n) is 3.68. The highest BCUT2D eigenvalue weighted by molar-refractivity contribution is 5.94. The quantitative estimate of drug-likeness (QED) is 0.914. The monoisotopic (exact) mass is 322 g/mol. The maximum absolute atomic E-state index is 12.2. The number of anilines is 1. The summed E-state index contributed by atoms with van der Waals surface area (Å²) in [5, 5.41) is 11.6. The fraction of sp³-hybridized carbons (Fsp3) is 0.300. The molecule has 0 aliphatic carbocycles. The van der Waals surface area contributed by atoms with Crippen molar-refractivity contribution in [3.05, 3.63) is 59.7 Å². The van der Waals surface area contributed by atoms with Gasteiger partial charge in [0, 0.05) is 5.69 Å². The van der Waals surface area contributed by atoms with Gasteiger partial charge in [-0.25, -0.2) is 0 Å². The molecule has 0 heterocycles. The van der Waals surface area contributed by atoms with Gasteiger partial charge in [-0.1, -0.05) is 32.9 Å². The van der Waals surface area contributed by atoms with Gasteiger partial charge in [-0.2, -0.15) is 5.26 Å². The Labute approximate surface area is 143 Å². The Kier molecular flexibility index (Phi) is 5.25. The minimum Gasteiger partial charge on any atom is -0.481 e. The van der Waals surface area contributed by atoms with Crippen LogP contribution in [0.3, 0.4) is 0 Å². The lowest BCUT2D eigenvalue weighted by Gasteiger charge is -2.19. The van der Waals surface area contributed by atoms with Crippen LogP contribution in [0.5, 0.6) is 5.75 Å². The minimum absolute atomic E-state index is 0.0779. The number of nitriles is 1. The molecule has 0 aromatic heterocycles. The molecule has 4 nitrogen and oxygen atoms in total. The number of benzene rings is 2. The maximum atomic E-state index is 12.2. The number of ether oxygens (including phenoxy) is 1. The molecule has 124 valence electrons. The van der Waals surface area contributed by atoms with Crippen LogP contribution < -0.4 is 10.1 Å². The molecule has 24 heavy (non-hydrogen) atoms. The van der Waals surface area contributed by atoms with Gasteiger partial charge in [0.2, 0.25) is 0 Å². The molecule has 2 aromatic rings. The number of hydrogen-bond donors (Lipinski definition) is 1. The van der Waals surface area contributed by atoms with Crippen molar-refractivity contribution < 1.29 is 9.53 Å². The number of nitrogens with one attached hydrogen (secondary N) is 1. The predicted molar refractivity (Wildman–Crippen MR) is 95.0 cm³/mol. The van der Waals surface area contributed by atoms with Crippen LogP contribution in [0.1, 0.15) is 38.8 Å². The molecule has 1 amide bonds. The summed E-state index contributed by atoms with van der Waals surface area (Å²) in [5.74, 6) is 0.336. The molecule has 0 aliphatic heterocycles. The molecule has 1 N–H and O–H groups in total. The zero-order valence-electron chi connectivity index (χ0n) is 14.5. The van der Waals surface area contributed by atoms with Crippen LogP contribution in [0, 0.1) is 11.3 Å². The second-order valence-corrected chi connectivity index (χ2v) is 6.71. The standard InChI is InChI=1S/C20H22N2O2/c1-14(24-18-11-5-15(13-21)6-12-18)19(23)22-17-9-7-16(8-10-17)20(2,3)4/h5-12,14H,1-4H3,(H,22,23)/t14-/m0/s1. The molecule has 1 atom stereocenters. The fourth-order valence-corrected chi connectivity index (χ4v) is 2.16. The van der Waals surface area contributed by atoms with E-state index in [-0.39, 0.29) is 11.3 Å². The van der Waals surface area contributed by atoms with Crippen molar-refractivity contribution in [3.63, 3.8) is 0 Å². The average molecular weight is 322 g/mol. The van der Waals surface area contributed by atoms with E-state index < -0.39 is 6.10 Å². The van der Waals surface area contributed by atoms with E-state index in [0.29, 0.717) is 11.3 Å². The van der Waals surface area contributed by atoms with Crippen molar-refractivity contribution in [1.82, 2.24) is 0 Å². The highest BCUT2D eigenvalue weighted by atomic mass is 16.5. The van der Waals surface area contributed by atoms with Crippen LogP contribution in [0.15, 0.2) is 48.5 Å². The Morgan fingerprint density at radius 1 is 1.08 bits per heavy atom. The number of amides is 1. The van der Waals surface area contributed by atoms with Gasteiger partial charge in [0.05, 0.1) is 11.6 Å². The molecular weight excluding hydrogens is 300 g/mol. The SMILES string of the molecule is C[C@H](Oc1ccc(C#N)cc1)C(=O)Nc1ccc(C(C)(C)C)cc1. The third-order valence-corrected chi connectivity index (χ3v) is 3.68. The summed E-state index contributed by atoms with van der Waals surface area (Å²) >= 11 is 0. The lowest BCUT2D eigenvalue weighted by molar-refractivity contribution is -0.122. The first-order valence-electron chi connectivity index (χ1n) is 7.88. The number of carbonyl (C=O) groups excluding carboxylic acids is 1. The molecule has 0 radical (unpaired) electrons. The summed E-state index contributed by atoms with van der Waals surface area (Å²) in [5.41, 5.74) is 2.58. The first-order valence-corrected chi connectivity index (χ1v) is 7.88. The molecule has 2 aromatic carbocycles. The van der Waals surface area contributed by atoms with Gasteiger partial charge >= 0.3 is 0 Å². The second kappa shape index (κ2) is 7.18. The van der Waals surface area contributed by atoms with E-state index in [4.69, 9.17) is 10.00 Å². The topological polar surface area (TPSA) is 62.1 Å². The highest BCUT2D eigenvalue weighted by Crippen LogP contribution is 2.23. The third kappa shape index (κ3) is 4.60. The van der Waals surface area contributed by atoms with E-state index in [2.05, 4.69) is 26.1 Å². The maximum Gasteiger partial charge on any atom is 0.265 e. The molecule has 2 rings (SSSR count). The van der Waals surface area contributed by atoms with Crippen LogP contribution in [-0.4, -0.2) is 12.0 Å². The Bertz CT molecular complexity index is 735. The summed E-state index contributed by atoms with van der Waals surface area (Å²) in [6.07, 6.45) is -0.639. The lowest BCUT2D eigenvalue weighted by atomic mass is 9.87. The molecule has 0 bridgehead atoms. The number of nitrogens with zero attached hydrogens (tertiary/aromatic N) is 1. The molecule has 0 aliphatic rings. The Morgan fingerprint density at radius 3 is 2.17 bits per heavy atom. The zero-order chi connectivity index (χ0) is 17.7. The molecule has 0 spiro atoms. The van der Waals surface area contributed by atoms with Gasteiger partial charge in [-0.3, -0.25) is 4.79 Å². The van der Waals surface area contributed by atoms with Crippen molar-refractivity contribution in [2.45, 2.75) is 39.2 Å². The Morgan fingerprint density at radius 2 is 1.67 bits per heavy atom. The Hall–Kier alpha value is -2.80. The van der Waals surface area contributed by atoms with E-state index in [9.17, 15) is 4.79 Å². The van der Waals surface area contributed by atoms with Crippen molar-refractivity contribution in [3.8, 4) is 11.8 Å². The van der Waals surface area contributed by atoms with Gasteiger partial charge in [-0.05, 0) is 54.3 Å². The molecule has 0 saturated heterocycles. The van der Waals surface area contributed by atoms with Crippen LogP contribution >= 0.6 is 0 Å². The first kappa shape index (κ1) is 17.6. The molecule has 0 fully saturated rings. The van der Waals surface area contributed by atoms with Gasteiger partial charge in [0.25, 0.3) is 5.91 Å². The number of rotatable bonds is 4. The van der Waals surface area contributed by atoms with Crippen molar-refractivity contribution in [2.75, 3.05) is 5.32 Å². The van der Waals surface area contributed by atoms with Gasteiger partial charge in [0.15, 0.2) is 6.10 Å². The van der Waals surface area contributed by atoms with Crippen LogP contribution in [0.4, 0.5) is 5.69 Å². The van der Waals surface area contributed by atoms with Gasteiger partial charge < -0.3 is 10.1 Å². The smallest absolute Gasteiger partial charge is 0.265 e. The van der Waals surface area contributed by atoms with Crippen molar-refractivity contribution in [2.24, 2.45) is 0 Å². The normalized spacial score (nSPS) is 12.1. The van der Waals surface area contributed by atoms with E-state index in [1.807, 2.05) is 30.3 Å². The lowest BCUT2D eigenvalue weighted by Crippen LogP contribution is -2.30. The van der Waals surface area contributed by atoms with E-state index in [0.717, 1.165) is 5.69 Å². The molecule has 4 heteroatoms. The fourth-order valence-electron chi connectivity index (χ4n) is 2.16. The van der Waals surface area contributed by atoms with Crippen molar-refractivity contribution >= 4 is 11.6 Å². The van der Waals surface area contributed by atoms with E-state index >= 15 is 0 Å².